The third-order valence-corrected chi connectivity index (χ3v) is 2.65. The molecule has 1 heterocycles. The van der Waals surface area contributed by atoms with E-state index in [1.54, 1.807) is 0 Å². The molecule has 13 heavy (non-hydrogen) atoms. The second-order valence-electron chi connectivity index (χ2n) is 4.04. The number of hydrogen-bond acceptors (Lipinski definition) is 2. The maximum absolute atomic E-state index is 5.49. The van der Waals surface area contributed by atoms with Crippen molar-refractivity contribution in [2.24, 2.45) is 0 Å². The quantitative estimate of drug-likeness (QED) is 0.609. The Morgan fingerprint density at radius 1 is 1.31 bits per heavy atom. The van der Waals surface area contributed by atoms with Crippen molar-refractivity contribution in [1.29, 1.82) is 0 Å². The van der Waals surface area contributed by atoms with E-state index >= 15 is 0 Å². The molecule has 1 atom stereocenters. The Balaban J connectivity index is 2.00. The lowest BCUT2D eigenvalue weighted by molar-refractivity contribution is -0.0186. The molecule has 1 unspecified atom stereocenters. The van der Waals surface area contributed by atoms with Crippen LogP contribution < -0.4 is 0 Å². The lowest BCUT2D eigenvalue weighted by Crippen LogP contribution is -2.41. The van der Waals surface area contributed by atoms with E-state index in [1.807, 2.05) is 0 Å². The minimum Gasteiger partial charge on any atom is -0.376 e. The molecular formula is C11H23NO. The topological polar surface area (TPSA) is 12.5 Å². The predicted molar refractivity (Wildman–Crippen MR) is 56.0 cm³/mol. The van der Waals surface area contributed by atoms with Crippen molar-refractivity contribution in [1.82, 2.24) is 4.90 Å². The molecule has 0 amide bonds. The third-order valence-electron chi connectivity index (χ3n) is 2.65. The van der Waals surface area contributed by atoms with Crippen LogP contribution in [0.15, 0.2) is 0 Å². The SMILES string of the molecule is CCCCCCN1CCOC(C)C1. The van der Waals surface area contributed by atoms with Crippen LogP contribution >= 0.6 is 0 Å². The molecule has 1 fully saturated rings. The van der Waals surface area contributed by atoms with E-state index in [4.69, 9.17) is 4.74 Å². The number of rotatable bonds is 5. The summed E-state index contributed by atoms with van der Waals surface area (Å²) in [5.74, 6) is 0. The molecule has 0 N–H and O–H groups in total. The van der Waals surface area contributed by atoms with Crippen LogP contribution in [0, 0.1) is 0 Å². The highest BCUT2D eigenvalue weighted by Crippen LogP contribution is 2.07. The lowest BCUT2D eigenvalue weighted by Gasteiger charge is -2.30. The van der Waals surface area contributed by atoms with Gasteiger partial charge in [-0.15, -0.1) is 0 Å². The van der Waals surface area contributed by atoms with Crippen molar-refractivity contribution in [3.05, 3.63) is 0 Å². The van der Waals surface area contributed by atoms with Crippen LogP contribution in [-0.4, -0.2) is 37.2 Å². The molecule has 0 aliphatic carbocycles. The van der Waals surface area contributed by atoms with Crippen LogP contribution in [0.2, 0.25) is 0 Å². The highest BCUT2D eigenvalue weighted by Gasteiger charge is 2.15. The van der Waals surface area contributed by atoms with Gasteiger partial charge in [-0.2, -0.15) is 0 Å². The standard InChI is InChI=1S/C11H23NO/c1-3-4-5-6-7-12-8-9-13-11(2)10-12/h11H,3-10H2,1-2H3. The molecule has 1 rings (SSSR count). The zero-order valence-electron chi connectivity index (χ0n) is 9.09. The summed E-state index contributed by atoms with van der Waals surface area (Å²) < 4.78 is 5.49. The minimum absolute atomic E-state index is 0.444. The largest absolute Gasteiger partial charge is 0.376 e. The van der Waals surface area contributed by atoms with Crippen molar-refractivity contribution in [3.8, 4) is 0 Å². The number of hydrogen-bond donors (Lipinski definition) is 0. The summed E-state index contributed by atoms with van der Waals surface area (Å²) in [6, 6.07) is 0. The third kappa shape index (κ3) is 4.63. The Bertz CT molecular complexity index is 127. The summed E-state index contributed by atoms with van der Waals surface area (Å²) in [6.07, 6.45) is 5.92. The van der Waals surface area contributed by atoms with E-state index in [0.29, 0.717) is 6.10 Å². The fourth-order valence-electron chi connectivity index (χ4n) is 1.86. The van der Waals surface area contributed by atoms with Gasteiger partial charge >= 0.3 is 0 Å². The highest BCUT2D eigenvalue weighted by atomic mass is 16.5. The normalized spacial score (nSPS) is 24.9. The van der Waals surface area contributed by atoms with Gasteiger partial charge in [-0.25, -0.2) is 0 Å². The zero-order valence-corrected chi connectivity index (χ0v) is 9.09. The van der Waals surface area contributed by atoms with Gasteiger partial charge < -0.3 is 4.74 Å². The van der Waals surface area contributed by atoms with E-state index in [-0.39, 0.29) is 0 Å². The van der Waals surface area contributed by atoms with Crippen molar-refractivity contribution in [2.45, 2.75) is 45.6 Å². The molecule has 0 radical (unpaired) electrons. The average molecular weight is 185 g/mol. The van der Waals surface area contributed by atoms with Gasteiger partial charge in [0.05, 0.1) is 12.7 Å². The van der Waals surface area contributed by atoms with Gasteiger partial charge in [-0.3, -0.25) is 4.90 Å². The van der Waals surface area contributed by atoms with E-state index < -0.39 is 0 Å². The summed E-state index contributed by atoms with van der Waals surface area (Å²) in [5.41, 5.74) is 0. The van der Waals surface area contributed by atoms with Gasteiger partial charge in [0.25, 0.3) is 0 Å². The molecule has 0 spiro atoms. The Kier molecular flexibility index (Phi) is 5.40. The van der Waals surface area contributed by atoms with Crippen molar-refractivity contribution in [2.75, 3.05) is 26.2 Å². The van der Waals surface area contributed by atoms with Crippen LogP contribution in [-0.2, 0) is 4.74 Å². The summed E-state index contributed by atoms with van der Waals surface area (Å²) in [7, 11) is 0. The van der Waals surface area contributed by atoms with Crippen LogP contribution in [0.3, 0.4) is 0 Å². The van der Waals surface area contributed by atoms with Crippen molar-refractivity contribution < 1.29 is 4.74 Å². The first kappa shape index (κ1) is 11.0. The van der Waals surface area contributed by atoms with Gasteiger partial charge in [0, 0.05) is 13.1 Å². The molecular weight excluding hydrogens is 162 g/mol. The Labute approximate surface area is 82.3 Å². The van der Waals surface area contributed by atoms with Gasteiger partial charge in [0.15, 0.2) is 0 Å². The average Bonchev–Trinajstić information content (AvgIpc) is 2.13. The number of unbranched alkanes of at least 4 members (excludes halogenated alkanes) is 3. The first-order valence-electron chi connectivity index (χ1n) is 5.67. The Hall–Kier alpha value is -0.0800. The molecule has 0 aromatic rings. The number of nitrogens with zero attached hydrogens (tertiary/aromatic N) is 1. The fraction of sp³-hybridized carbons (Fsp3) is 1.00. The maximum atomic E-state index is 5.49. The maximum Gasteiger partial charge on any atom is 0.0674 e. The Morgan fingerprint density at radius 3 is 2.85 bits per heavy atom. The van der Waals surface area contributed by atoms with Crippen LogP contribution in [0.4, 0.5) is 0 Å². The second-order valence-corrected chi connectivity index (χ2v) is 4.04. The van der Waals surface area contributed by atoms with Gasteiger partial charge in [0.2, 0.25) is 0 Å². The highest BCUT2D eigenvalue weighted by molar-refractivity contribution is 4.67. The van der Waals surface area contributed by atoms with E-state index in [9.17, 15) is 0 Å². The summed E-state index contributed by atoms with van der Waals surface area (Å²) >= 11 is 0. The van der Waals surface area contributed by atoms with Crippen LogP contribution in [0.1, 0.15) is 39.5 Å². The summed E-state index contributed by atoms with van der Waals surface area (Å²) in [5, 5.41) is 0. The summed E-state index contributed by atoms with van der Waals surface area (Å²) in [4.78, 5) is 2.53. The smallest absolute Gasteiger partial charge is 0.0674 e. The van der Waals surface area contributed by atoms with Gasteiger partial charge in [-0.1, -0.05) is 26.2 Å². The molecule has 78 valence electrons. The molecule has 1 aliphatic heterocycles. The molecule has 2 heteroatoms. The summed E-state index contributed by atoms with van der Waals surface area (Å²) in [6.45, 7) is 8.89. The molecule has 1 saturated heterocycles. The van der Waals surface area contributed by atoms with E-state index in [0.717, 1.165) is 19.7 Å². The van der Waals surface area contributed by atoms with E-state index in [1.165, 1.54) is 32.2 Å². The molecule has 0 aromatic heterocycles. The molecule has 2 nitrogen and oxygen atoms in total. The van der Waals surface area contributed by atoms with E-state index in [2.05, 4.69) is 18.7 Å². The van der Waals surface area contributed by atoms with Crippen molar-refractivity contribution in [3.63, 3.8) is 0 Å². The minimum atomic E-state index is 0.444. The number of ether oxygens (including phenoxy) is 1. The van der Waals surface area contributed by atoms with Gasteiger partial charge in [-0.05, 0) is 19.9 Å². The van der Waals surface area contributed by atoms with Gasteiger partial charge in [0.1, 0.15) is 0 Å². The monoisotopic (exact) mass is 185 g/mol. The Morgan fingerprint density at radius 2 is 2.15 bits per heavy atom. The second kappa shape index (κ2) is 6.39. The molecule has 0 saturated carbocycles. The van der Waals surface area contributed by atoms with Crippen LogP contribution in [0.5, 0.6) is 0 Å². The molecule has 1 aliphatic rings. The fourth-order valence-corrected chi connectivity index (χ4v) is 1.86. The first-order chi connectivity index (χ1) is 6.33. The molecule has 0 bridgehead atoms. The number of morpholine rings is 1. The first-order valence-corrected chi connectivity index (χ1v) is 5.67. The van der Waals surface area contributed by atoms with Crippen molar-refractivity contribution >= 4 is 0 Å². The predicted octanol–water partition coefficient (Wildman–Crippen LogP) is 2.29. The lowest BCUT2D eigenvalue weighted by atomic mass is 10.2. The van der Waals surface area contributed by atoms with Crippen LogP contribution in [0.25, 0.3) is 0 Å². The zero-order chi connectivity index (χ0) is 9.52. The molecule has 0 aromatic carbocycles.